The van der Waals surface area contributed by atoms with E-state index in [4.69, 9.17) is 17.3 Å². The summed E-state index contributed by atoms with van der Waals surface area (Å²) in [5.41, 5.74) is 9.99. The summed E-state index contributed by atoms with van der Waals surface area (Å²) in [4.78, 5) is 15.6. The number of nitrogens with one attached hydrogen (secondary N) is 2. The van der Waals surface area contributed by atoms with Crippen LogP contribution in [0.3, 0.4) is 0 Å². The highest BCUT2D eigenvalue weighted by Crippen LogP contribution is 2.29. The number of benzene rings is 2. The molecule has 3 aromatic rings. The third-order valence-electron chi connectivity index (χ3n) is 4.43. The Morgan fingerprint density at radius 2 is 2.00 bits per heavy atom. The minimum absolute atomic E-state index is 0. The molecule has 0 fully saturated rings. The molecule has 2 aromatic carbocycles. The molecule has 4 rings (SSSR count). The van der Waals surface area contributed by atoms with Gasteiger partial charge in [0.2, 0.25) is 0 Å². The molecule has 2 atom stereocenters. The number of carbonyl (C=O) groups excluding carboxylic acids is 1. The summed E-state index contributed by atoms with van der Waals surface area (Å²) in [6, 6.07) is 15.1. The van der Waals surface area contributed by atoms with Gasteiger partial charge in [0.25, 0.3) is 5.91 Å². The van der Waals surface area contributed by atoms with Gasteiger partial charge >= 0.3 is 0 Å². The van der Waals surface area contributed by atoms with Gasteiger partial charge in [0.1, 0.15) is 5.69 Å². The van der Waals surface area contributed by atoms with Crippen LogP contribution in [-0.2, 0) is 6.42 Å². The number of hydrogen-bond donors (Lipinski definition) is 3. The molecule has 1 heterocycles. The molecule has 1 aromatic heterocycles. The molecule has 24 heavy (non-hydrogen) atoms. The first-order chi connectivity index (χ1) is 11.1. The summed E-state index contributed by atoms with van der Waals surface area (Å²) < 4.78 is 0. The van der Waals surface area contributed by atoms with Crippen LogP contribution < -0.4 is 11.1 Å². The van der Waals surface area contributed by atoms with Gasteiger partial charge in [0.15, 0.2) is 0 Å². The van der Waals surface area contributed by atoms with E-state index >= 15 is 0 Å². The Balaban J connectivity index is 0.00000169. The van der Waals surface area contributed by atoms with Crippen LogP contribution in [0.1, 0.15) is 27.7 Å². The van der Waals surface area contributed by atoms with Gasteiger partial charge in [-0.2, -0.15) is 0 Å². The molecule has 0 saturated heterocycles. The molecule has 0 unspecified atom stereocenters. The molecule has 4 N–H and O–H groups in total. The van der Waals surface area contributed by atoms with E-state index in [1.165, 1.54) is 5.56 Å². The third-order valence-corrected chi connectivity index (χ3v) is 4.67. The average molecular weight is 362 g/mol. The zero-order valence-electron chi connectivity index (χ0n) is 12.8. The van der Waals surface area contributed by atoms with Crippen molar-refractivity contribution in [1.82, 2.24) is 10.3 Å². The minimum atomic E-state index is -0.172. The lowest BCUT2D eigenvalue weighted by atomic mass is 10.1. The van der Waals surface area contributed by atoms with E-state index in [-0.39, 0.29) is 30.4 Å². The molecule has 6 heteroatoms. The first kappa shape index (κ1) is 16.8. The van der Waals surface area contributed by atoms with Gasteiger partial charge in [-0.1, -0.05) is 35.9 Å². The highest BCUT2D eigenvalue weighted by molar-refractivity contribution is 6.31. The zero-order valence-corrected chi connectivity index (χ0v) is 14.3. The van der Waals surface area contributed by atoms with Gasteiger partial charge in [-0.25, -0.2) is 0 Å². The van der Waals surface area contributed by atoms with E-state index in [9.17, 15) is 4.79 Å². The Morgan fingerprint density at radius 1 is 1.21 bits per heavy atom. The molecule has 1 amide bonds. The quantitative estimate of drug-likeness (QED) is 0.652. The highest BCUT2D eigenvalue weighted by Gasteiger charge is 2.30. The fourth-order valence-electron chi connectivity index (χ4n) is 3.24. The number of carbonyl (C=O) groups is 1. The second-order valence-corrected chi connectivity index (χ2v) is 6.36. The van der Waals surface area contributed by atoms with Gasteiger partial charge < -0.3 is 16.0 Å². The van der Waals surface area contributed by atoms with Gasteiger partial charge in [-0.3, -0.25) is 4.79 Å². The fraction of sp³-hybridized carbons (Fsp3) is 0.167. The Bertz CT molecular complexity index is 906. The highest BCUT2D eigenvalue weighted by atomic mass is 35.5. The molecule has 0 aliphatic heterocycles. The number of aromatic amines is 1. The lowest BCUT2D eigenvalue weighted by Crippen LogP contribution is -2.40. The van der Waals surface area contributed by atoms with E-state index in [1.807, 2.05) is 36.4 Å². The maximum Gasteiger partial charge on any atom is 0.268 e. The summed E-state index contributed by atoms with van der Waals surface area (Å²) in [5.74, 6) is -0.148. The maximum atomic E-state index is 12.5. The summed E-state index contributed by atoms with van der Waals surface area (Å²) in [6.45, 7) is 0. The normalized spacial score (nSPS) is 18.9. The Kier molecular flexibility index (Phi) is 4.54. The van der Waals surface area contributed by atoms with Crippen LogP contribution in [0.25, 0.3) is 10.9 Å². The number of fused-ring (bicyclic) bond motifs is 2. The van der Waals surface area contributed by atoms with Crippen molar-refractivity contribution in [1.29, 1.82) is 0 Å². The van der Waals surface area contributed by atoms with Crippen molar-refractivity contribution in [3.8, 4) is 0 Å². The van der Waals surface area contributed by atoms with E-state index < -0.39 is 0 Å². The number of H-pyrrole nitrogens is 1. The molecular weight excluding hydrogens is 345 g/mol. The Labute approximate surface area is 150 Å². The van der Waals surface area contributed by atoms with E-state index in [1.54, 1.807) is 6.07 Å². The van der Waals surface area contributed by atoms with Gasteiger partial charge in [0.05, 0.1) is 12.1 Å². The van der Waals surface area contributed by atoms with E-state index in [0.717, 1.165) is 22.9 Å². The first-order valence-corrected chi connectivity index (χ1v) is 7.92. The molecule has 0 spiro atoms. The molecule has 124 valence electrons. The van der Waals surface area contributed by atoms with Crippen molar-refractivity contribution in [3.05, 3.63) is 70.4 Å². The number of nitrogens with two attached hydrogens (primary N) is 1. The van der Waals surface area contributed by atoms with E-state index in [2.05, 4.69) is 16.4 Å². The lowest BCUT2D eigenvalue weighted by molar-refractivity contribution is 0.0929. The molecule has 1 aliphatic rings. The topological polar surface area (TPSA) is 70.9 Å². The molecule has 4 nitrogen and oxygen atoms in total. The van der Waals surface area contributed by atoms with Crippen molar-refractivity contribution in [2.24, 2.45) is 5.73 Å². The summed E-state index contributed by atoms with van der Waals surface area (Å²) in [5, 5.41) is 4.61. The van der Waals surface area contributed by atoms with Crippen LogP contribution in [0.15, 0.2) is 48.5 Å². The smallest absolute Gasteiger partial charge is 0.268 e. The van der Waals surface area contributed by atoms with E-state index in [0.29, 0.717) is 10.7 Å². The average Bonchev–Trinajstić information content (AvgIpc) is 3.09. The number of aromatic nitrogens is 1. The SMILES string of the molecule is Cl.N[C@@H]1c2ccccc2C[C@H]1NC(=O)c1cc2cc(Cl)ccc2[nH]1. The van der Waals surface area contributed by atoms with Crippen LogP contribution in [-0.4, -0.2) is 16.9 Å². The molecular formula is C18H17Cl2N3O. The lowest BCUT2D eigenvalue weighted by Gasteiger charge is -2.17. The first-order valence-electron chi connectivity index (χ1n) is 7.54. The zero-order chi connectivity index (χ0) is 16.0. The van der Waals surface area contributed by atoms with Crippen molar-refractivity contribution in [2.45, 2.75) is 18.5 Å². The summed E-state index contributed by atoms with van der Waals surface area (Å²) in [6.07, 6.45) is 0.759. The monoisotopic (exact) mass is 361 g/mol. The molecule has 0 saturated carbocycles. The predicted molar refractivity (Wildman–Crippen MR) is 98.9 cm³/mol. The molecule has 1 aliphatic carbocycles. The summed E-state index contributed by atoms with van der Waals surface area (Å²) in [7, 11) is 0. The van der Waals surface area contributed by atoms with Crippen molar-refractivity contribution < 1.29 is 4.79 Å². The van der Waals surface area contributed by atoms with Crippen LogP contribution in [0.2, 0.25) is 5.02 Å². The number of hydrogen-bond acceptors (Lipinski definition) is 2. The number of amides is 1. The van der Waals surface area contributed by atoms with Crippen LogP contribution >= 0.6 is 24.0 Å². The van der Waals surface area contributed by atoms with Crippen LogP contribution in [0.5, 0.6) is 0 Å². The van der Waals surface area contributed by atoms with Gasteiger partial charge in [-0.05, 0) is 41.8 Å². The van der Waals surface area contributed by atoms with Crippen LogP contribution in [0, 0.1) is 0 Å². The van der Waals surface area contributed by atoms with Gasteiger partial charge in [0, 0.05) is 15.9 Å². The Morgan fingerprint density at radius 3 is 2.79 bits per heavy atom. The van der Waals surface area contributed by atoms with Crippen LogP contribution in [0.4, 0.5) is 0 Å². The van der Waals surface area contributed by atoms with Crippen molar-refractivity contribution >= 4 is 40.8 Å². The fourth-order valence-corrected chi connectivity index (χ4v) is 3.42. The Hall–Kier alpha value is -2.01. The summed E-state index contributed by atoms with van der Waals surface area (Å²) >= 11 is 5.98. The predicted octanol–water partition coefficient (Wildman–Crippen LogP) is 3.60. The molecule has 0 bridgehead atoms. The van der Waals surface area contributed by atoms with Gasteiger partial charge in [-0.15, -0.1) is 12.4 Å². The number of halogens is 2. The van der Waals surface area contributed by atoms with Crippen molar-refractivity contribution in [3.63, 3.8) is 0 Å². The standard InChI is InChI=1S/C18H16ClN3O.ClH/c19-12-5-6-14-11(7-12)9-16(21-14)18(23)22-15-8-10-3-1-2-4-13(10)17(15)20;/h1-7,9,15,17,21H,8,20H2,(H,22,23);1H/t15-,17-;/m1./s1. The maximum absolute atomic E-state index is 12.5. The second-order valence-electron chi connectivity index (χ2n) is 5.92. The van der Waals surface area contributed by atoms with Crippen molar-refractivity contribution in [2.75, 3.05) is 0 Å². The minimum Gasteiger partial charge on any atom is -0.351 e. The third kappa shape index (κ3) is 2.88. The number of rotatable bonds is 2. The largest absolute Gasteiger partial charge is 0.351 e. The second kappa shape index (κ2) is 6.48. The molecule has 0 radical (unpaired) electrons.